The van der Waals surface area contributed by atoms with Crippen molar-refractivity contribution in [3.63, 3.8) is 0 Å². The van der Waals surface area contributed by atoms with Crippen molar-refractivity contribution >= 4 is 0 Å². The summed E-state index contributed by atoms with van der Waals surface area (Å²) in [7, 11) is 0. The number of aromatic amines is 1. The van der Waals surface area contributed by atoms with Gasteiger partial charge in [0.1, 0.15) is 22.9 Å². The molecule has 1 aromatic heterocycles. The van der Waals surface area contributed by atoms with Crippen LogP contribution in [0.5, 0.6) is 23.0 Å². The smallest absolute Gasteiger partial charge is 0.173 e. The van der Waals surface area contributed by atoms with E-state index in [0.717, 1.165) is 23.3 Å². The monoisotopic (exact) mass is 400 g/mol. The topological polar surface area (TPSA) is 67.4 Å². The van der Waals surface area contributed by atoms with E-state index in [1.54, 1.807) is 18.3 Å². The first-order chi connectivity index (χ1) is 14.6. The standard InChI is InChI=1S/C25H24N2O3/c1-17-8-9-18(2)23(14-17)30-24-16-26-27-25(24)21-11-10-20(15-22(21)28)29-13-12-19-6-4-3-5-7-19/h3-11,14-16,28H,12-13H2,1-2H3,(H,26,27). The molecule has 0 fully saturated rings. The maximum atomic E-state index is 10.6. The Bertz CT molecular complexity index is 1140. The van der Waals surface area contributed by atoms with E-state index in [2.05, 4.69) is 22.3 Å². The van der Waals surface area contributed by atoms with Gasteiger partial charge in [-0.25, -0.2) is 0 Å². The van der Waals surface area contributed by atoms with Gasteiger partial charge in [0.15, 0.2) is 5.75 Å². The second-order valence-corrected chi connectivity index (χ2v) is 7.24. The molecule has 0 aliphatic rings. The number of aromatic hydroxyl groups is 1. The number of ether oxygens (including phenoxy) is 2. The molecule has 152 valence electrons. The number of H-pyrrole nitrogens is 1. The third-order valence-electron chi connectivity index (χ3n) is 4.91. The van der Waals surface area contributed by atoms with E-state index in [-0.39, 0.29) is 5.75 Å². The van der Waals surface area contributed by atoms with E-state index >= 15 is 0 Å². The van der Waals surface area contributed by atoms with Gasteiger partial charge in [-0.2, -0.15) is 5.10 Å². The fourth-order valence-corrected chi connectivity index (χ4v) is 3.23. The van der Waals surface area contributed by atoms with Gasteiger partial charge in [0, 0.05) is 18.1 Å². The molecule has 4 rings (SSSR count). The van der Waals surface area contributed by atoms with Crippen LogP contribution in [0.3, 0.4) is 0 Å². The van der Waals surface area contributed by atoms with Gasteiger partial charge in [0.05, 0.1) is 12.8 Å². The van der Waals surface area contributed by atoms with E-state index in [1.165, 1.54) is 5.56 Å². The third kappa shape index (κ3) is 4.46. The summed E-state index contributed by atoms with van der Waals surface area (Å²) >= 11 is 0. The number of benzene rings is 3. The SMILES string of the molecule is Cc1ccc(C)c(Oc2cn[nH]c2-c2ccc(OCCc3ccccc3)cc2O)c1. The minimum absolute atomic E-state index is 0.0993. The lowest BCUT2D eigenvalue weighted by molar-refractivity contribution is 0.320. The van der Waals surface area contributed by atoms with Gasteiger partial charge in [-0.05, 0) is 48.7 Å². The van der Waals surface area contributed by atoms with Crippen LogP contribution in [0, 0.1) is 13.8 Å². The Morgan fingerprint density at radius 1 is 0.933 bits per heavy atom. The van der Waals surface area contributed by atoms with Crippen LogP contribution in [-0.2, 0) is 6.42 Å². The van der Waals surface area contributed by atoms with Crippen LogP contribution in [0.4, 0.5) is 0 Å². The lowest BCUT2D eigenvalue weighted by Crippen LogP contribution is -2.01. The average Bonchev–Trinajstić information content (AvgIpc) is 3.19. The largest absolute Gasteiger partial charge is 0.507 e. The first-order valence-corrected chi connectivity index (χ1v) is 9.89. The highest BCUT2D eigenvalue weighted by Gasteiger charge is 2.15. The molecular weight excluding hydrogens is 376 g/mol. The van der Waals surface area contributed by atoms with Gasteiger partial charge in [0.25, 0.3) is 0 Å². The summed E-state index contributed by atoms with van der Waals surface area (Å²) in [6.07, 6.45) is 2.42. The van der Waals surface area contributed by atoms with E-state index < -0.39 is 0 Å². The summed E-state index contributed by atoms with van der Waals surface area (Å²) in [5.41, 5.74) is 4.57. The Morgan fingerprint density at radius 2 is 1.77 bits per heavy atom. The lowest BCUT2D eigenvalue weighted by Gasteiger charge is -2.12. The Kier molecular flexibility index (Phi) is 5.70. The van der Waals surface area contributed by atoms with Crippen LogP contribution in [0.1, 0.15) is 16.7 Å². The van der Waals surface area contributed by atoms with Crippen molar-refractivity contribution in [2.24, 2.45) is 0 Å². The van der Waals surface area contributed by atoms with Crippen LogP contribution in [0.25, 0.3) is 11.3 Å². The van der Waals surface area contributed by atoms with Gasteiger partial charge in [-0.15, -0.1) is 0 Å². The highest BCUT2D eigenvalue weighted by molar-refractivity contribution is 5.73. The van der Waals surface area contributed by atoms with E-state index in [9.17, 15) is 5.11 Å². The van der Waals surface area contributed by atoms with Crippen molar-refractivity contribution in [2.45, 2.75) is 20.3 Å². The summed E-state index contributed by atoms with van der Waals surface area (Å²) in [6, 6.07) is 21.5. The number of hydrogen-bond acceptors (Lipinski definition) is 4. The number of rotatable bonds is 7. The number of phenolic OH excluding ortho intramolecular Hbond substituents is 1. The van der Waals surface area contributed by atoms with Crippen molar-refractivity contribution in [2.75, 3.05) is 6.61 Å². The van der Waals surface area contributed by atoms with Crippen LogP contribution >= 0.6 is 0 Å². The molecule has 0 atom stereocenters. The molecule has 0 radical (unpaired) electrons. The zero-order valence-corrected chi connectivity index (χ0v) is 17.1. The second kappa shape index (κ2) is 8.74. The van der Waals surface area contributed by atoms with Crippen LogP contribution in [-0.4, -0.2) is 21.9 Å². The zero-order chi connectivity index (χ0) is 20.9. The molecule has 3 aromatic carbocycles. The summed E-state index contributed by atoms with van der Waals surface area (Å²) < 4.78 is 11.9. The van der Waals surface area contributed by atoms with Crippen molar-refractivity contribution in [1.82, 2.24) is 10.2 Å². The average molecular weight is 400 g/mol. The number of hydrogen-bond donors (Lipinski definition) is 2. The van der Waals surface area contributed by atoms with Gasteiger partial charge >= 0.3 is 0 Å². The highest BCUT2D eigenvalue weighted by Crippen LogP contribution is 2.38. The molecule has 0 saturated heterocycles. The number of nitrogens with one attached hydrogen (secondary N) is 1. The minimum Gasteiger partial charge on any atom is -0.507 e. The van der Waals surface area contributed by atoms with E-state index in [4.69, 9.17) is 9.47 Å². The number of aromatic nitrogens is 2. The fraction of sp³-hybridized carbons (Fsp3) is 0.160. The van der Waals surface area contributed by atoms with Crippen LogP contribution in [0.15, 0.2) is 72.9 Å². The minimum atomic E-state index is 0.0993. The van der Waals surface area contributed by atoms with E-state index in [0.29, 0.717) is 29.4 Å². The summed E-state index contributed by atoms with van der Waals surface area (Å²) in [5, 5.41) is 17.6. The molecule has 0 saturated carbocycles. The Hall–Kier alpha value is -3.73. The lowest BCUT2D eigenvalue weighted by atomic mass is 10.1. The Morgan fingerprint density at radius 3 is 2.57 bits per heavy atom. The first kappa shape index (κ1) is 19.6. The Labute approximate surface area is 175 Å². The molecule has 0 aliphatic carbocycles. The molecule has 2 N–H and O–H groups in total. The molecular formula is C25H24N2O3. The normalized spacial score (nSPS) is 10.7. The first-order valence-electron chi connectivity index (χ1n) is 9.89. The molecule has 0 bridgehead atoms. The molecule has 1 heterocycles. The quantitative estimate of drug-likeness (QED) is 0.411. The maximum absolute atomic E-state index is 10.6. The molecule has 0 unspecified atom stereocenters. The Balaban J connectivity index is 1.48. The third-order valence-corrected chi connectivity index (χ3v) is 4.91. The highest BCUT2D eigenvalue weighted by atomic mass is 16.5. The zero-order valence-electron chi connectivity index (χ0n) is 17.1. The van der Waals surface area contributed by atoms with Crippen molar-refractivity contribution in [3.8, 4) is 34.3 Å². The summed E-state index contributed by atoms with van der Waals surface area (Å²) in [5.74, 6) is 2.03. The summed E-state index contributed by atoms with van der Waals surface area (Å²) in [6.45, 7) is 4.55. The number of phenols is 1. The van der Waals surface area contributed by atoms with Gasteiger partial charge in [-0.3, -0.25) is 5.10 Å². The second-order valence-electron chi connectivity index (χ2n) is 7.24. The maximum Gasteiger partial charge on any atom is 0.173 e. The van der Waals surface area contributed by atoms with Crippen LogP contribution in [0.2, 0.25) is 0 Å². The molecule has 4 aromatic rings. The van der Waals surface area contributed by atoms with Crippen molar-refractivity contribution < 1.29 is 14.6 Å². The van der Waals surface area contributed by atoms with Gasteiger partial charge in [0.2, 0.25) is 0 Å². The van der Waals surface area contributed by atoms with Crippen molar-refractivity contribution in [1.29, 1.82) is 0 Å². The van der Waals surface area contributed by atoms with Gasteiger partial charge < -0.3 is 14.6 Å². The molecule has 0 amide bonds. The summed E-state index contributed by atoms with van der Waals surface area (Å²) in [4.78, 5) is 0. The number of aryl methyl sites for hydroxylation is 2. The predicted molar refractivity (Wildman–Crippen MR) is 117 cm³/mol. The van der Waals surface area contributed by atoms with Gasteiger partial charge in [-0.1, -0.05) is 42.5 Å². The fourth-order valence-electron chi connectivity index (χ4n) is 3.23. The van der Waals surface area contributed by atoms with E-state index in [1.807, 2.05) is 56.3 Å². The van der Waals surface area contributed by atoms with Crippen LogP contribution < -0.4 is 9.47 Å². The molecule has 5 heteroatoms. The molecule has 0 spiro atoms. The molecule has 30 heavy (non-hydrogen) atoms. The predicted octanol–water partition coefficient (Wildman–Crippen LogP) is 5.81. The molecule has 5 nitrogen and oxygen atoms in total. The van der Waals surface area contributed by atoms with Crippen molar-refractivity contribution in [3.05, 3.63) is 89.6 Å². The molecule has 0 aliphatic heterocycles. The number of nitrogens with zero attached hydrogens (tertiary/aromatic N) is 1.